The van der Waals surface area contributed by atoms with Crippen LogP contribution in [0, 0.1) is 11.8 Å². The first-order chi connectivity index (χ1) is 19.1. The van der Waals surface area contributed by atoms with Crippen molar-refractivity contribution < 1.29 is 23.9 Å². The number of nitrogens with one attached hydrogen (secondary N) is 3. The number of carbonyl (C=O) groups excluding carboxylic acids is 4. The van der Waals surface area contributed by atoms with Crippen molar-refractivity contribution >= 4 is 40.5 Å². The van der Waals surface area contributed by atoms with Crippen molar-refractivity contribution in [3.63, 3.8) is 0 Å². The Balaban J connectivity index is 1.69. The van der Waals surface area contributed by atoms with E-state index in [2.05, 4.69) is 21.0 Å². The standard InChI is InChI=1S/C30H39N5O5/c1-6-20-11-12-24-15-23-14-21(9-10-22(23)16-31-24)19(5)40-30(39)25-8-7-13-35(34-25)29(38)18(4)32-28(37)26(17(2)3)33-27(20)36/h9-12,14-20,25-26,34H,6-8,13H2,1-5H3,(H,32,37)(H,33,36)/b12-11+/t18-,19+,20+,25-,26-/m0/s1. The van der Waals surface area contributed by atoms with Gasteiger partial charge < -0.3 is 15.4 Å². The van der Waals surface area contributed by atoms with Crippen molar-refractivity contribution in [2.24, 2.45) is 11.8 Å². The van der Waals surface area contributed by atoms with E-state index < -0.39 is 42.0 Å². The molecule has 3 N–H and O–H groups in total. The maximum Gasteiger partial charge on any atom is 0.325 e. The van der Waals surface area contributed by atoms with E-state index in [9.17, 15) is 19.2 Å². The molecule has 1 saturated heterocycles. The van der Waals surface area contributed by atoms with Gasteiger partial charge in [0.15, 0.2) is 0 Å². The lowest BCUT2D eigenvalue weighted by Crippen LogP contribution is -2.61. The fourth-order valence-electron chi connectivity index (χ4n) is 4.98. The molecule has 4 rings (SSSR count). The second kappa shape index (κ2) is 12.6. The lowest BCUT2D eigenvalue weighted by Gasteiger charge is -2.35. The predicted octanol–water partition coefficient (Wildman–Crippen LogP) is 3.03. The zero-order valence-corrected chi connectivity index (χ0v) is 23.8. The number of benzene rings is 1. The fraction of sp³-hybridized carbons (Fsp3) is 0.500. The van der Waals surface area contributed by atoms with Gasteiger partial charge in [-0.25, -0.2) is 5.43 Å². The minimum absolute atomic E-state index is 0.208. The van der Waals surface area contributed by atoms with Gasteiger partial charge in [0.1, 0.15) is 24.2 Å². The van der Waals surface area contributed by atoms with Crippen LogP contribution < -0.4 is 16.1 Å². The Kier molecular flexibility index (Phi) is 9.19. The topological polar surface area (TPSA) is 130 Å². The fourth-order valence-corrected chi connectivity index (χ4v) is 4.98. The SMILES string of the molecule is CC[C@@H]1/C=C/c2cc3cc(ccc3cn2)[C@@H](C)OC(=O)[C@@H]2CCCN(N2)C(=O)[C@H](C)NC(=O)[C@H](C(C)C)NC1=O. The van der Waals surface area contributed by atoms with Crippen LogP contribution in [0.1, 0.15) is 71.2 Å². The second-order valence-electron chi connectivity index (χ2n) is 10.9. The van der Waals surface area contributed by atoms with Crippen LogP contribution >= 0.6 is 0 Å². The summed E-state index contributed by atoms with van der Waals surface area (Å²) in [6.07, 6.45) is 6.52. The molecule has 0 radical (unpaired) electrons. The van der Waals surface area contributed by atoms with E-state index in [0.29, 0.717) is 31.5 Å². The molecule has 214 valence electrons. The molecular weight excluding hydrogens is 510 g/mol. The van der Waals surface area contributed by atoms with Crippen LogP contribution in [0.25, 0.3) is 16.8 Å². The number of pyridine rings is 1. The van der Waals surface area contributed by atoms with Crippen molar-refractivity contribution in [1.29, 1.82) is 0 Å². The van der Waals surface area contributed by atoms with E-state index in [4.69, 9.17) is 4.74 Å². The largest absolute Gasteiger partial charge is 0.457 e. The van der Waals surface area contributed by atoms with Crippen molar-refractivity contribution in [1.82, 2.24) is 26.1 Å². The Labute approximate surface area is 234 Å². The van der Waals surface area contributed by atoms with Crippen LogP contribution in [0.5, 0.6) is 0 Å². The van der Waals surface area contributed by atoms with E-state index in [-0.39, 0.29) is 17.7 Å². The molecule has 1 fully saturated rings. The molecule has 1 aromatic heterocycles. The summed E-state index contributed by atoms with van der Waals surface area (Å²) in [5.41, 5.74) is 4.50. The minimum atomic E-state index is -0.869. The van der Waals surface area contributed by atoms with Crippen LogP contribution in [-0.4, -0.2) is 58.4 Å². The average molecular weight is 550 g/mol. The summed E-state index contributed by atoms with van der Waals surface area (Å²) < 4.78 is 5.80. The first kappa shape index (κ1) is 29.2. The van der Waals surface area contributed by atoms with Crippen molar-refractivity contribution in [2.45, 2.75) is 78.1 Å². The highest BCUT2D eigenvalue weighted by Gasteiger charge is 2.34. The Morgan fingerprint density at radius 3 is 2.55 bits per heavy atom. The Morgan fingerprint density at radius 2 is 1.82 bits per heavy atom. The molecule has 3 amide bonds. The molecule has 1 aromatic carbocycles. The van der Waals surface area contributed by atoms with E-state index in [1.54, 1.807) is 25.3 Å². The zero-order chi connectivity index (χ0) is 29.0. The molecule has 0 saturated carbocycles. The number of ether oxygens (including phenoxy) is 1. The molecule has 5 bridgehead atoms. The highest BCUT2D eigenvalue weighted by molar-refractivity contribution is 5.93. The Hall–Kier alpha value is -3.79. The molecule has 0 spiro atoms. The number of cyclic esters (lactones) is 1. The minimum Gasteiger partial charge on any atom is -0.457 e. The summed E-state index contributed by atoms with van der Waals surface area (Å²) >= 11 is 0. The van der Waals surface area contributed by atoms with E-state index in [1.165, 1.54) is 5.01 Å². The first-order valence-corrected chi connectivity index (χ1v) is 14.0. The van der Waals surface area contributed by atoms with Crippen molar-refractivity contribution in [3.8, 4) is 0 Å². The monoisotopic (exact) mass is 549 g/mol. The highest BCUT2D eigenvalue weighted by Crippen LogP contribution is 2.25. The van der Waals surface area contributed by atoms with Crippen LogP contribution in [0.4, 0.5) is 0 Å². The Morgan fingerprint density at radius 1 is 1.05 bits per heavy atom. The third-order valence-corrected chi connectivity index (χ3v) is 7.52. The third kappa shape index (κ3) is 6.67. The lowest BCUT2D eigenvalue weighted by atomic mass is 9.99. The quantitative estimate of drug-likeness (QED) is 0.491. The lowest BCUT2D eigenvalue weighted by molar-refractivity contribution is -0.157. The molecule has 40 heavy (non-hydrogen) atoms. The van der Waals surface area contributed by atoms with Gasteiger partial charge in [0.25, 0.3) is 5.91 Å². The summed E-state index contributed by atoms with van der Waals surface area (Å²) in [6, 6.07) is 5.35. The van der Waals surface area contributed by atoms with Crippen molar-refractivity contribution in [2.75, 3.05) is 6.54 Å². The van der Waals surface area contributed by atoms with E-state index >= 15 is 0 Å². The van der Waals surface area contributed by atoms with Gasteiger partial charge in [-0.15, -0.1) is 0 Å². The van der Waals surface area contributed by atoms with E-state index in [0.717, 1.165) is 16.3 Å². The van der Waals surface area contributed by atoms with Crippen LogP contribution in [0.3, 0.4) is 0 Å². The molecule has 0 aliphatic carbocycles. The number of esters is 1. The number of hydrazine groups is 1. The molecule has 10 nitrogen and oxygen atoms in total. The molecule has 5 atom stereocenters. The number of hydrogen-bond acceptors (Lipinski definition) is 7. The van der Waals surface area contributed by atoms with Crippen LogP contribution in [0.15, 0.2) is 36.5 Å². The summed E-state index contributed by atoms with van der Waals surface area (Å²) in [5, 5.41) is 8.86. The van der Waals surface area contributed by atoms with Gasteiger partial charge in [0, 0.05) is 18.1 Å². The van der Waals surface area contributed by atoms with Gasteiger partial charge in [-0.2, -0.15) is 0 Å². The maximum absolute atomic E-state index is 13.2. The average Bonchev–Trinajstić information content (AvgIpc) is 2.94. The smallest absolute Gasteiger partial charge is 0.325 e. The maximum atomic E-state index is 13.2. The number of fused-ring (bicyclic) bond motifs is 4. The number of rotatable bonds is 2. The van der Waals surface area contributed by atoms with Crippen LogP contribution in [0.2, 0.25) is 0 Å². The van der Waals surface area contributed by atoms with E-state index in [1.807, 2.05) is 52.0 Å². The van der Waals surface area contributed by atoms with Gasteiger partial charge in [-0.05, 0) is 68.2 Å². The van der Waals surface area contributed by atoms with Crippen molar-refractivity contribution in [3.05, 3.63) is 47.8 Å². The molecule has 3 heterocycles. The summed E-state index contributed by atoms with van der Waals surface area (Å²) in [4.78, 5) is 57.1. The number of amides is 3. The molecule has 10 heteroatoms. The Bertz CT molecular complexity index is 1310. The highest BCUT2D eigenvalue weighted by atomic mass is 16.5. The normalized spacial score (nSPS) is 27.8. The van der Waals surface area contributed by atoms with Gasteiger partial charge >= 0.3 is 5.97 Å². The molecule has 2 aliphatic rings. The second-order valence-corrected chi connectivity index (χ2v) is 10.9. The van der Waals surface area contributed by atoms with Gasteiger partial charge in [-0.1, -0.05) is 39.0 Å². The number of aromatic nitrogens is 1. The molecule has 2 aromatic rings. The first-order valence-electron chi connectivity index (χ1n) is 14.0. The van der Waals surface area contributed by atoms with Gasteiger partial charge in [0.05, 0.1) is 11.6 Å². The molecule has 0 unspecified atom stereocenters. The number of nitrogens with zero attached hydrogens (tertiary/aromatic N) is 2. The zero-order valence-electron chi connectivity index (χ0n) is 23.8. The number of carbonyl (C=O) groups is 4. The summed E-state index contributed by atoms with van der Waals surface area (Å²) in [7, 11) is 0. The predicted molar refractivity (Wildman–Crippen MR) is 151 cm³/mol. The van der Waals surface area contributed by atoms with Gasteiger partial charge in [0.2, 0.25) is 11.8 Å². The van der Waals surface area contributed by atoms with Crippen LogP contribution in [-0.2, 0) is 23.9 Å². The third-order valence-electron chi connectivity index (χ3n) is 7.52. The van der Waals surface area contributed by atoms with Gasteiger partial charge in [-0.3, -0.25) is 29.2 Å². The summed E-state index contributed by atoms with van der Waals surface area (Å²) in [5.74, 6) is -2.21. The molecule has 2 aliphatic heterocycles. The summed E-state index contributed by atoms with van der Waals surface area (Å²) in [6.45, 7) is 9.39. The number of hydrogen-bond donors (Lipinski definition) is 3. The molecular formula is C30H39N5O5.